The summed E-state index contributed by atoms with van der Waals surface area (Å²) in [5, 5.41) is 18.5. The molecule has 1 aromatic heterocycles. The molecule has 0 aliphatic heterocycles. The van der Waals surface area contributed by atoms with Crippen LogP contribution in [0.1, 0.15) is 5.69 Å². The summed E-state index contributed by atoms with van der Waals surface area (Å²) in [6.07, 6.45) is -0.262. The summed E-state index contributed by atoms with van der Waals surface area (Å²) in [7, 11) is 0. The first-order chi connectivity index (χ1) is 7.56. The van der Waals surface area contributed by atoms with Crippen LogP contribution in [0.3, 0.4) is 0 Å². The van der Waals surface area contributed by atoms with E-state index in [0.29, 0.717) is 16.6 Å². The Labute approximate surface area is 95.3 Å². The highest BCUT2D eigenvalue weighted by molar-refractivity contribution is 6.28. The van der Waals surface area contributed by atoms with Crippen LogP contribution in [0, 0.1) is 0 Å². The van der Waals surface area contributed by atoms with Gasteiger partial charge in [-0.1, -0.05) is 0 Å². The molecule has 0 atom stereocenters. The molecule has 0 amide bonds. The zero-order chi connectivity index (χ0) is 11.7. The summed E-state index contributed by atoms with van der Waals surface area (Å²) in [5.74, 6) is -0.982. The number of carbonyl (C=O) groups is 1. The Morgan fingerprint density at radius 3 is 2.81 bits per heavy atom. The third-order valence-electron chi connectivity index (χ3n) is 2.05. The maximum Gasteiger partial charge on any atom is 0.309 e. The number of hydrogen-bond donors (Lipinski definition) is 2. The van der Waals surface area contributed by atoms with E-state index in [0.717, 1.165) is 0 Å². The molecule has 16 heavy (non-hydrogen) atoms. The topological polar surface area (TPSA) is 83.3 Å². The highest BCUT2D eigenvalue weighted by atomic mass is 35.5. The van der Waals surface area contributed by atoms with Crippen molar-refractivity contribution >= 4 is 28.5 Å². The van der Waals surface area contributed by atoms with Crippen LogP contribution in [-0.2, 0) is 11.2 Å². The van der Waals surface area contributed by atoms with Crippen molar-refractivity contribution in [3.8, 4) is 5.75 Å². The number of aromatic hydroxyl groups is 1. The van der Waals surface area contributed by atoms with Crippen LogP contribution in [0.5, 0.6) is 5.75 Å². The molecular weight excluding hydrogens is 232 g/mol. The molecule has 0 aliphatic carbocycles. The third-order valence-corrected chi connectivity index (χ3v) is 2.22. The number of halogens is 1. The van der Waals surface area contributed by atoms with Gasteiger partial charge in [-0.3, -0.25) is 4.79 Å². The molecule has 2 rings (SSSR count). The van der Waals surface area contributed by atoms with Gasteiger partial charge < -0.3 is 10.2 Å². The Kier molecular flexibility index (Phi) is 2.62. The number of rotatable bonds is 2. The van der Waals surface area contributed by atoms with Gasteiger partial charge in [0.2, 0.25) is 5.28 Å². The lowest BCUT2D eigenvalue weighted by Gasteiger charge is -2.04. The largest absolute Gasteiger partial charge is 0.508 e. The molecule has 5 nitrogen and oxygen atoms in total. The van der Waals surface area contributed by atoms with Crippen molar-refractivity contribution in [2.75, 3.05) is 0 Å². The summed E-state index contributed by atoms with van der Waals surface area (Å²) in [4.78, 5) is 18.4. The first-order valence-electron chi connectivity index (χ1n) is 4.43. The number of hydrogen-bond acceptors (Lipinski definition) is 4. The van der Waals surface area contributed by atoms with Crippen molar-refractivity contribution in [2.24, 2.45) is 0 Å². The number of aromatic nitrogens is 2. The Hall–Kier alpha value is -1.88. The number of aliphatic carboxylic acids is 1. The minimum absolute atomic E-state index is 0.00515. The fourth-order valence-electron chi connectivity index (χ4n) is 1.43. The highest BCUT2D eigenvalue weighted by Crippen LogP contribution is 2.22. The van der Waals surface area contributed by atoms with Gasteiger partial charge in [0.25, 0.3) is 0 Å². The number of phenols is 1. The van der Waals surface area contributed by atoms with Gasteiger partial charge in [0.1, 0.15) is 5.75 Å². The molecule has 1 aromatic carbocycles. The standard InChI is InChI=1S/C10H7ClN2O3/c11-10-12-7-2-1-5(14)3-6(7)8(13-10)4-9(15)16/h1-3,14H,4H2,(H,15,16). The molecule has 2 N–H and O–H groups in total. The number of fused-ring (bicyclic) bond motifs is 1. The summed E-state index contributed by atoms with van der Waals surface area (Å²) < 4.78 is 0. The van der Waals surface area contributed by atoms with Gasteiger partial charge in [0.05, 0.1) is 17.6 Å². The predicted octanol–water partition coefficient (Wildman–Crippen LogP) is 1.62. The second kappa shape index (κ2) is 3.94. The van der Waals surface area contributed by atoms with Gasteiger partial charge in [-0.05, 0) is 29.8 Å². The van der Waals surface area contributed by atoms with E-state index >= 15 is 0 Å². The third kappa shape index (κ3) is 2.04. The zero-order valence-electron chi connectivity index (χ0n) is 8.01. The lowest BCUT2D eigenvalue weighted by molar-refractivity contribution is -0.136. The first kappa shape index (κ1) is 10.6. The van der Waals surface area contributed by atoms with Crippen LogP contribution in [0.25, 0.3) is 10.9 Å². The maximum absolute atomic E-state index is 10.6. The molecule has 0 saturated carbocycles. The van der Waals surface area contributed by atoms with Gasteiger partial charge in [0.15, 0.2) is 0 Å². The molecule has 0 bridgehead atoms. The predicted molar refractivity (Wildman–Crippen MR) is 57.6 cm³/mol. The van der Waals surface area contributed by atoms with Crippen molar-refractivity contribution in [3.05, 3.63) is 29.2 Å². The Morgan fingerprint density at radius 2 is 2.12 bits per heavy atom. The lowest BCUT2D eigenvalue weighted by atomic mass is 10.1. The van der Waals surface area contributed by atoms with E-state index in [4.69, 9.17) is 16.7 Å². The molecule has 82 valence electrons. The van der Waals surface area contributed by atoms with Crippen LogP contribution in [0.2, 0.25) is 5.28 Å². The Morgan fingerprint density at radius 1 is 1.38 bits per heavy atom. The fourth-order valence-corrected chi connectivity index (χ4v) is 1.62. The van der Waals surface area contributed by atoms with Crippen molar-refractivity contribution in [1.82, 2.24) is 9.97 Å². The molecule has 0 radical (unpaired) electrons. The summed E-state index contributed by atoms with van der Waals surface area (Å²) in [6, 6.07) is 4.43. The minimum Gasteiger partial charge on any atom is -0.508 e. The quantitative estimate of drug-likeness (QED) is 0.777. The monoisotopic (exact) mass is 238 g/mol. The molecule has 1 heterocycles. The average molecular weight is 239 g/mol. The lowest BCUT2D eigenvalue weighted by Crippen LogP contribution is -2.04. The highest BCUT2D eigenvalue weighted by Gasteiger charge is 2.10. The normalized spacial score (nSPS) is 10.6. The first-order valence-corrected chi connectivity index (χ1v) is 4.81. The fraction of sp³-hybridized carbons (Fsp3) is 0.100. The number of phenolic OH excluding ortho intramolecular Hbond substituents is 1. The van der Waals surface area contributed by atoms with Crippen LogP contribution in [0.15, 0.2) is 18.2 Å². The number of carboxylic acids is 1. The number of benzene rings is 1. The van der Waals surface area contributed by atoms with Crippen molar-refractivity contribution in [3.63, 3.8) is 0 Å². The van der Waals surface area contributed by atoms with Crippen LogP contribution in [0.4, 0.5) is 0 Å². The molecule has 0 unspecified atom stereocenters. The molecule has 0 aliphatic rings. The zero-order valence-corrected chi connectivity index (χ0v) is 8.77. The second-order valence-electron chi connectivity index (χ2n) is 3.21. The van der Waals surface area contributed by atoms with E-state index in [2.05, 4.69) is 9.97 Å². The smallest absolute Gasteiger partial charge is 0.309 e. The number of carboxylic acid groups (broad SMARTS) is 1. The molecule has 0 fully saturated rings. The van der Waals surface area contributed by atoms with E-state index in [1.165, 1.54) is 12.1 Å². The van der Waals surface area contributed by atoms with E-state index in [-0.39, 0.29) is 17.5 Å². The molecule has 0 saturated heterocycles. The Balaban J connectivity index is 2.69. The van der Waals surface area contributed by atoms with Crippen molar-refractivity contribution in [2.45, 2.75) is 6.42 Å². The average Bonchev–Trinajstić information content (AvgIpc) is 2.18. The summed E-state index contributed by atoms with van der Waals surface area (Å²) >= 11 is 5.67. The molecule has 0 spiro atoms. The van der Waals surface area contributed by atoms with Gasteiger partial charge in [-0.2, -0.15) is 0 Å². The van der Waals surface area contributed by atoms with E-state index in [1.807, 2.05) is 0 Å². The summed E-state index contributed by atoms with van der Waals surface area (Å²) in [5.41, 5.74) is 0.799. The second-order valence-corrected chi connectivity index (χ2v) is 3.55. The maximum atomic E-state index is 10.6. The van der Waals surface area contributed by atoms with Crippen LogP contribution < -0.4 is 0 Å². The molecule has 6 heteroatoms. The molecular formula is C10H7ClN2O3. The van der Waals surface area contributed by atoms with Gasteiger partial charge in [0, 0.05) is 5.39 Å². The van der Waals surface area contributed by atoms with Crippen LogP contribution >= 0.6 is 11.6 Å². The van der Waals surface area contributed by atoms with Crippen molar-refractivity contribution in [1.29, 1.82) is 0 Å². The van der Waals surface area contributed by atoms with Gasteiger partial charge >= 0.3 is 5.97 Å². The number of nitrogens with zero attached hydrogens (tertiary/aromatic N) is 2. The van der Waals surface area contributed by atoms with E-state index < -0.39 is 5.97 Å². The SMILES string of the molecule is O=C(O)Cc1nc(Cl)nc2ccc(O)cc12. The van der Waals surface area contributed by atoms with E-state index in [9.17, 15) is 9.90 Å². The van der Waals surface area contributed by atoms with E-state index in [1.54, 1.807) is 6.07 Å². The van der Waals surface area contributed by atoms with Crippen LogP contribution in [-0.4, -0.2) is 26.2 Å². The summed E-state index contributed by atoms with van der Waals surface area (Å²) in [6.45, 7) is 0. The molecule has 2 aromatic rings. The minimum atomic E-state index is -1.01. The van der Waals surface area contributed by atoms with Gasteiger partial charge in [-0.25, -0.2) is 9.97 Å². The van der Waals surface area contributed by atoms with Crippen molar-refractivity contribution < 1.29 is 15.0 Å². The Bertz CT molecular complexity index is 571. The van der Waals surface area contributed by atoms with Gasteiger partial charge in [-0.15, -0.1) is 0 Å².